The van der Waals surface area contributed by atoms with E-state index in [1.807, 2.05) is 6.92 Å². The monoisotopic (exact) mass is 465 g/mol. The number of aryl methyl sites for hydroxylation is 1. The number of carbonyl (C=O) groups excluding carboxylic acids is 2. The van der Waals surface area contributed by atoms with Gasteiger partial charge in [0.25, 0.3) is 10.4 Å². The number of nitrogens with one attached hydrogen (secondary N) is 2. The van der Waals surface area contributed by atoms with Gasteiger partial charge in [-0.1, -0.05) is 0 Å². The van der Waals surface area contributed by atoms with Crippen LogP contribution in [0.25, 0.3) is 0 Å². The van der Waals surface area contributed by atoms with Crippen LogP contribution in [0.5, 0.6) is 0 Å². The van der Waals surface area contributed by atoms with Crippen molar-refractivity contribution in [2.24, 2.45) is 0 Å². The van der Waals surface area contributed by atoms with E-state index in [0.29, 0.717) is 29.2 Å². The van der Waals surface area contributed by atoms with Crippen molar-refractivity contribution in [2.45, 2.75) is 45.4 Å². The molecule has 32 heavy (non-hydrogen) atoms. The van der Waals surface area contributed by atoms with E-state index >= 15 is 0 Å². The van der Waals surface area contributed by atoms with Gasteiger partial charge in [-0.2, -0.15) is 9.65 Å². The lowest BCUT2D eigenvalue weighted by Crippen LogP contribution is -2.47. The Morgan fingerprint density at radius 2 is 2.09 bits per heavy atom. The van der Waals surface area contributed by atoms with Gasteiger partial charge in [0.15, 0.2) is 6.26 Å². The molecule has 1 aromatic carbocycles. The number of anilines is 2. The van der Waals surface area contributed by atoms with Gasteiger partial charge in [0.1, 0.15) is 5.82 Å². The lowest BCUT2D eigenvalue weighted by atomic mass is 10.2. The highest BCUT2D eigenvalue weighted by molar-refractivity contribution is 7.95. The number of halogens is 1. The third-order valence-corrected chi connectivity index (χ3v) is 6.46. The zero-order valence-corrected chi connectivity index (χ0v) is 18.9. The molecule has 10 nitrogen and oxygen atoms in total. The third-order valence-electron chi connectivity index (χ3n) is 5.69. The van der Waals surface area contributed by atoms with Gasteiger partial charge in [0, 0.05) is 18.7 Å². The van der Waals surface area contributed by atoms with Crippen LogP contribution in [0, 0.1) is 12.7 Å². The predicted octanol–water partition coefficient (Wildman–Crippen LogP) is 1.98. The smallest absolute Gasteiger partial charge is 0.314 e. The molecule has 0 bridgehead atoms. The molecular formula is C20H26FN6O4S+. The number of rotatable bonds is 4. The van der Waals surface area contributed by atoms with Crippen LogP contribution >= 0.6 is 0 Å². The van der Waals surface area contributed by atoms with Crippen molar-refractivity contribution in [3.63, 3.8) is 0 Å². The van der Waals surface area contributed by atoms with E-state index in [1.54, 1.807) is 28.8 Å². The van der Waals surface area contributed by atoms with Crippen LogP contribution < -0.4 is 14.9 Å². The Morgan fingerprint density at radius 1 is 1.34 bits per heavy atom. The van der Waals surface area contributed by atoms with E-state index in [1.165, 1.54) is 23.3 Å². The molecule has 3 heterocycles. The molecule has 1 aromatic heterocycles. The summed E-state index contributed by atoms with van der Waals surface area (Å²) in [4.78, 5) is 28.7. The molecule has 3 N–H and O–H groups in total. The molecule has 12 heteroatoms. The second kappa shape index (κ2) is 8.26. The van der Waals surface area contributed by atoms with E-state index in [-0.39, 0.29) is 43.3 Å². The number of amides is 3. The summed E-state index contributed by atoms with van der Waals surface area (Å²) in [5.41, 5.74) is 2.23. The van der Waals surface area contributed by atoms with Crippen molar-refractivity contribution in [1.82, 2.24) is 19.4 Å². The summed E-state index contributed by atoms with van der Waals surface area (Å²) in [5.74, 6) is -0.524. The first-order valence-corrected chi connectivity index (χ1v) is 12.1. The number of hydrogen-bond donors (Lipinski definition) is 3. The molecule has 3 atom stereocenters. The highest BCUT2D eigenvalue weighted by atomic mass is 32.3. The normalized spacial score (nSPS) is 22.6. The standard InChI is InChI=1S/C20H25FN6O4S/c1-12-6-14(4-5-16(12)21)23-20(29)25-11-18-17(8-22-27(18)9-13(25)2)26-10-15(7-19(26)28)24-32(3,30)31/h4-6,8,13,15H,7,9-11H2,1-3H3,(H2-,23,24,29,30,31)/p+1/t13-,15?/m0/s1. The van der Waals surface area contributed by atoms with Crippen LogP contribution in [0.2, 0.25) is 0 Å². The zero-order valence-electron chi connectivity index (χ0n) is 18.0. The fourth-order valence-electron chi connectivity index (χ4n) is 4.13. The van der Waals surface area contributed by atoms with Crippen LogP contribution in [0.3, 0.4) is 0 Å². The molecule has 2 aliphatic rings. The molecule has 1 fully saturated rings. The topological polar surface area (TPSA) is 120 Å². The fraction of sp³-hybridized carbons (Fsp3) is 0.450. The van der Waals surface area contributed by atoms with E-state index in [4.69, 9.17) is 0 Å². The van der Waals surface area contributed by atoms with Gasteiger partial charge in [-0.25, -0.2) is 9.18 Å². The number of aromatic nitrogens is 2. The number of benzene rings is 1. The highest BCUT2D eigenvalue weighted by Gasteiger charge is 2.39. The van der Waals surface area contributed by atoms with Crippen LogP contribution in [-0.4, -0.2) is 56.1 Å². The van der Waals surface area contributed by atoms with Crippen molar-refractivity contribution in [1.29, 1.82) is 0 Å². The number of nitrogens with zero attached hydrogens (tertiary/aromatic N) is 4. The second-order valence-electron chi connectivity index (χ2n) is 8.36. The predicted molar refractivity (Wildman–Crippen MR) is 118 cm³/mol. The van der Waals surface area contributed by atoms with Crippen molar-refractivity contribution < 1.29 is 22.7 Å². The summed E-state index contributed by atoms with van der Waals surface area (Å²) in [7, 11) is -3.19. The highest BCUT2D eigenvalue weighted by Crippen LogP contribution is 2.30. The summed E-state index contributed by atoms with van der Waals surface area (Å²) in [5, 5.41) is 7.19. The first kappa shape index (κ1) is 22.4. The Hall–Kier alpha value is -2.83. The van der Waals surface area contributed by atoms with Crippen LogP contribution in [0.4, 0.5) is 20.6 Å². The molecule has 4 rings (SSSR count). The molecule has 3 amide bonds. The Labute approximate surface area is 186 Å². The zero-order chi connectivity index (χ0) is 23.2. The molecule has 0 saturated carbocycles. The summed E-state index contributed by atoms with van der Waals surface area (Å²) in [6.07, 6.45) is 2.86. The summed E-state index contributed by atoms with van der Waals surface area (Å²) >= 11 is 0. The van der Waals surface area contributed by atoms with Gasteiger partial charge >= 0.3 is 6.03 Å². The third kappa shape index (κ3) is 4.52. The van der Waals surface area contributed by atoms with Crippen LogP contribution in [0.1, 0.15) is 24.6 Å². The number of urea groups is 1. The molecule has 2 unspecified atom stereocenters. The van der Waals surface area contributed by atoms with Crippen molar-refractivity contribution in [3.05, 3.63) is 41.5 Å². The SMILES string of the molecule is Cc1cc(NC(=O)N2Cc3c(N4CC(N[S+](C)(=O)O)CC4=O)cnn3C[C@@H]2C)ccc1F. The molecule has 1 saturated heterocycles. The van der Waals surface area contributed by atoms with E-state index < -0.39 is 16.4 Å². The summed E-state index contributed by atoms with van der Waals surface area (Å²) in [6, 6.07) is 3.44. The first-order valence-electron chi connectivity index (χ1n) is 10.2. The van der Waals surface area contributed by atoms with Gasteiger partial charge in [-0.3, -0.25) is 9.48 Å². The Balaban J connectivity index is 1.52. The lowest BCUT2D eigenvalue weighted by Gasteiger charge is -2.35. The summed E-state index contributed by atoms with van der Waals surface area (Å²) in [6.45, 7) is 4.45. The molecule has 2 aliphatic heterocycles. The van der Waals surface area contributed by atoms with E-state index in [9.17, 15) is 22.7 Å². The van der Waals surface area contributed by atoms with Gasteiger partial charge in [0.05, 0.1) is 42.8 Å². The average Bonchev–Trinajstić information content (AvgIpc) is 3.24. The van der Waals surface area contributed by atoms with Gasteiger partial charge in [-0.15, -0.1) is 4.72 Å². The first-order chi connectivity index (χ1) is 15.0. The van der Waals surface area contributed by atoms with Gasteiger partial charge in [0.2, 0.25) is 5.91 Å². The molecular weight excluding hydrogens is 439 g/mol. The summed E-state index contributed by atoms with van der Waals surface area (Å²) < 4.78 is 39.1. The molecule has 0 aliphatic carbocycles. The lowest BCUT2D eigenvalue weighted by molar-refractivity contribution is -0.117. The minimum absolute atomic E-state index is 0.0977. The maximum Gasteiger partial charge on any atom is 0.322 e. The number of carbonyl (C=O) groups is 2. The Kier molecular flexibility index (Phi) is 5.77. The van der Waals surface area contributed by atoms with Crippen molar-refractivity contribution >= 4 is 33.7 Å². The Morgan fingerprint density at radius 3 is 2.78 bits per heavy atom. The van der Waals surface area contributed by atoms with Crippen LogP contribution in [-0.2, 0) is 32.5 Å². The Bertz CT molecular complexity index is 1120. The quantitative estimate of drug-likeness (QED) is 0.597. The maximum atomic E-state index is 13.5. The van der Waals surface area contributed by atoms with Crippen molar-refractivity contribution in [3.8, 4) is 0 Å². The number of hydrogen-bond acceptors (Lipinski definition) is 4. The fourth-order valence-corrected chi connectivity index (χ4v) is 4.91. The van der Waals surface area contributed by atoms with E-state index in [2.05, 4.69) is 15.1 Å². The molecule has 172 valence electrons. The number of fused-ring (bicyclic) bond motifs is 1. The molecule has 0 radical (unpaired) electrons. The van der Waals surface area contributed by atoms with Crippen molar-refractivity contribution in [2.75, 3.05) is 23.0 Å². The van der Waals surface area contributed by atoms with Gasteiger partial charge < -0.3 is 15.1 Å². The minimum atomic E-state index is -3.19. The maximum absolute atomic E-state index is 13.5. The minimum Gasteiger partial charge on any atom is -0.314 e. The van der Waals surface area contributed by atoms with Gasteiger partial charge in [-0.05, 0) is 41.8 Å². The molecule has 0 spiro atoms. The second-order valence-corrected chi connectivity index (χ2v) is 10.2. The average molecular weight is 466 g/mol. The van der Waals surface area contributed by atoms with Crippen LogP contribution in [0.15, 0.2) is 24.4 Å². The molecule has 2 aromatic rings. The van der Waals surface area contributed by atoms with E-state index in [0.717, 1.165) is 0 Å². The largest absolute Gasteiger partial charge is 0.322 e.